The fourth-order valence-electron chi connectivity index (χ4n) is 3.92. The molecule has 0 aliphatic rings. The molecule has 0 radical (unpaired) electrons. The molecule has 0 unspecified atom stereocenters. The molecule has 0 atom stereocenters. The van der Waals surface area contributed by atoms with E-state index in [0.29, 0.717) is 6.61 Å². The lowest BCUT2D eigenvalue weighted by atomic mass is 10.1. The molecule has 178 valence electrons. The highest BCUT2D eigenvalue weighted by Crippen LogP contribution is 2.37. The number of para-hydroxylation sites is 1. The molecule has 0 aliphatic heterocycles. The minimum atomic E-state index is 0.703. The van der Waals surface area contributed by atoms with Crippen LogP contribution in [-0.2, 0) is 0 Å². The maximum Gasteiger partial charge on any atom is 0.169 e. The third-order valence-electron chi connectivity index (χ3n) is 5.87. The normalized spacial score (nSPS) is 11.0. The van der Waals surface area contributed by atoms with Crippen molar-refractivity contribution in [1.29, 1.82) is 0 Å². The monoisotopic (exact) mass is 448 g/mol. The molecule has 3 aromatic rings. The zero-order valence-corrected chi connectivity index (χ0v) is 20.5. The van der Waals surface area contributed by atoms with Gasteiger partial charge in [-0.25, -0.2) is 0 Å². The topological polar surface area (TPSA) is 27.7 Å². The van der Waals surface area contributed by atoms with Gasteiger partial charge in [0.25, 0.3) is 0 Å². The largest absolute Gasteiger partial charge is 0.494 e. The van der Waals surface area contributed by atoms with Crippen LogP contribution in [-0.4, -0.2) is 13.2 Å². The van der Waals surface area contributed by atoms with Gasteiger partial charge >= 0.3 is 0 Å². The molecule has 0 bridgehead atoms. The van der Waals surface area contributed by atoms with Crippen LogP contribution >= 0.6 is 0 Å². The Morgan fingerprint density at radius 2 is 1.15 bits per heavy atom. The first-order valence-electron chi connectivity index (χ1n) is 12.9. The molecule has 0 fully saturated rings. The van der Waals surface area contributed by atoms with Crippen molar-refractivity contribution in [1.82, 2.24) is 0 Å². The van der Waals surface area contributed by atoms with E-state index in [2.05, 4.69) is 44.2 Å². The van der Waals surface area contributed by atoms with Crippen LogP contribution in [0.1, 0.15) is 78.1 Å². The Labute approximate surface area is 200 Å². The third-order valence-corrected chi connectivity index (χ3v) is 5.87. The van der Waals surface area contributed by atoms with Crippen LogP contribution in [0.15, 0.2) is 60.7 Å². The minimum absolute atomic E-state index is 0.703. The highest BCUT2D eigenvalue weighted by Gasteiger charge is 2.10. The number of hydrogen-bond acceptors (Lipinski definition) is 3. The lowest BCUT2D eigenvalue weighted by Gasteiger charge is -2.15. The summed E-state index contributed by atoms with van der Waals surface area (Å²) in [6, 6.07) is 20.3. The van der Waals surface area contributed by atoms with Crippen molar-refractivity contribution in [3.63, 3.8) is 0 Å². The fourth-order valence-corrected chi connectivity index (χ4v) is 3.92. The summed E-state index contributed by atoms with van der Waals surface area (Å²) >= 11 is 0. The Hall–Kier alpha value is -2.68. The van der Waals surface area contributed by atoms with E-state index in [-0.39, 0.29) is 0 Å². The van der Waals surface area contributed by atoms with Crippen LogP contribution in [0, 0.1) is 0 Å². The Morgan fingerprint density at radius 3 is 1.85 bits per heavy atom. The molecule has 33 heavy (non-hydrogen) atoms. The SMILES string of the molecule is CCCCCCCOc1ccc2cc(Oc3ccccc3)c(OCCCCCCC)cc2c1. The molecule has 0 saturated heterocycles. The van der Waals surface area contributed by atoms with E-state index in [4.69, 9.17) is 14.2 Å². The van der Waals surface area contributed by atoms with Crippen LogP contribution in [0.4, 0.5) is 0 Å². The Bertz CT molecular complexity index is 936. The Kier molecular flexibility index (Phi) is 10.9. The summed E-state index contributed by atoms with van der Waals surface area (Å²) in [5.41, 5.74) is 0. The van der Waals surface area contributed by atoms with Gasteiger partial charge in [-0.2, -0.15) is 0 Å². The van der Waals surface area contributed by atoms with Gasteiger partial charge in [0.2, 0.25) is 0 Å². The Balaban J connectivity index is 1.69. The van der Waals surface area contributed by atoms with Gasteiger partial charge in [0.15, 0.2) is 11.5 Å². The summed E-state index contributed by atoms with van der Waals surface area (Å²) in [6.07, 6.45) is 12.3. The summed E-state index contributed by atoms with van der Waals surface area (Å²) in [4.78, 5) is 0. The molecule has 0 N–H and O–H groups in total. The van der Waals surface area contributed by atoms with E-state index in [9.17, 15) is 0 Å². The van der Waals surface area contributed by atoms with Gasteiger partial charge in [0.05, 0.1) is 13.2 Å². The zero-order valence-electron chi connectivity index (χ0n) is 20.5. The van der Waals surface area contributed by atoms with Crippen LogP contribution in [0.25, 0.3) is 10.8 Å². The van der Waals surface area contributed by atoms with Crippen molar-refractivity contribution in [2.75, 3.05) is 13.2 Å². The van der Waals surface area contributed by atoms with Crippen molar-refractivity contribution in [3.8, 4) is 23.0 Å². The van der Waals surface area contributed by atoms with Gasteiger partial charge in [-0.3, -0.25) is 0 Å². The Morgan fingerprint density at radius 1 is 0.515 bits per heavy atom. The standard InChI is InChI=1S/C30H40O3/c1-3-5-7-9-14-20-31-28-19-18-25-23-30(33-27-16-12-11-13-17-27)29(24-26(25)22-28)32-21-15-10-8-6-4-2/h11-13,16-19,22-24H,3-10,14-15,20-21H2,1-2H3. The van der Waals surface area contributed by atoms with Crippen molar-refractivity contribution in [3.05, 3.63) is 60.7 Å². The second-order valence-electron chi connectivity index (χ2n) is 8.75. The lowest BCUT2D eigenvalue weighted by molar-refractivity contribution is 0.291. The first-order chi connectivity index (χ1) is 16.3. The number of benzene rings is 3. The zero-order chi connectivity index (χ0) is 23.1. The van der Waals surface area contributed by atoms with Gasteiger partial charge < -0.3 is 14.2 Å². The average molecular weight is 449 g/mol. The second-order valence-corrected chi connectivity index (χ2v) is 8.75. The van der Waals surface area contributed by atoms with E-state index in [1.807, 2.05) is 30.3 Å². The summed E-state index contributed by atoms with van der Waals surface area (Å²) < 4.78 is 18.4. The van der Waals surface area contributed by atoms with Gasteiger partial charge in [-0.05, 0) is 60.0 Å². The molecule has 0 aliphatic carbocycles. The highest BCUT2D eigenvalue weighted by atomic mass is 16.5. The summed E-state index contributed by atoms with van der Waals surface area (Å²) in [7, 11) is 0. The van der Waals surface area contributed by atoms with Crippen molar-refractivity contribution >= 4 is 10.8 Å². The number of ether oxygens (including phenoxy) is 3. The molecule has 0 saturated carbocycles. The molecule has 0 spiro atoms. The number of fused-ring (bicyclic) bond motifs is 1. The quantitative estimate of drug-likeness (QED) is 0.204. The number of hydrogen-bond donors (Lipinski definition) is 0. The predicted molar refractivity (Wildman–Crippen MR) is 139 cm³/mol. The maximum absolute atomic E-state index is 6.21. The van der Waals surface area contributed by atoms with Crippen molar-refractivity contribution in [2.24, 2.45) is 0 Å². The van der Waals surface area contributed by atoms with Crippen LogP contribution in [0.2, 0.25) is 0 Å². The molecule has 0 heterocycles. The molecule has 0 aromatic heterocycles. The molecule has 3 heteroatoms. The van der Waals surface area contributed by atoms with Crippen molar-refractivity contribution < 1.29 is 14.2 Å². The molecule has 3 rings (SSSR count). The summed E-state index contributed by atoms with van der Waals surface area (Å²) in [5.74, 6) is 3.28. The van der Waals surface area contributed by atoms with E-state index in [1.165, 1.54) is 51.4 Å². The predicted octanol–water partition coefficient (Wildman–Crippen LogP) is 9.33. The number of unbranched alkanes of at least 4 members (excludes halogenated alkanes) is 8. The number of rotatable bonds is 16. The van der Waals surface area contributed by atoms with E-state index in [0.717, 1.165) is 53.2 Å². The maximum atomic E-state index is 6.21. The molecule has 3 aromatic carbocycles. The lowest BCUT2D eigenvalue weighted by Crippen LogP contribution is -2.00. The van der Waals surface area contributed by atoms with Gasteiger partial charge in [0, 0.05) is 0 Å². The van der Waals surface area contributed by atoms with E-state index in [1.54, 1.807) is 0 Å². The van der Waals surface area contributed by atoms with Gasteiger partial charge in [0.1, 0.15) is 11.5 Å². The first kappa shape index (κ1) is 25.0. The molecule has 3 nitrogen and oxygen atoms in total. The van der Waals surface area contributed by atoms with Gasteiger partial charge in [-0.1, -0.05) is 89.5 Å². The second kappa shape index (κ2) is 14.5. The van der Waals surface area contributed by atoms with Crippen molar-refractivity contribution in [2.45, 2.75) is 78.1 Å². The van der Waals surface area contributed by atoms with Crippen LogP contribution < -0.4 is 14.2 Å². The summed E-state index contributed by atoms with van der Waals surface area (Å²) in [5, 5.41) is 2.23. The smallest absolute Gasteiger partial charge is 0.169 e. The minimum Gasteiger partial charge on any atom is -0.494 e. The fraction of sp³-hybridized carbons (Fsp3) is 0.467. The molecule has 0 amide bonds. The van der Waals surface area contributed by atoms with Crippen LogP contribution in [0.3, 0.4) is 0 Å². The third kappa shape index (κ3) is 8.64. The van der Waals surface area contributed by atoms with Gasteiger partial charge in [-0.15, -0.1) is 0 Å². The van der Waals surface area contributed by atoms with E-state index >= 15 is 0 Å². The molecular weight excluding hydrogens is 408 g/mol. The first-order valence-corrected chi connectivity index (χ1v) is 12.9. The highest BCUT2D eigenvalue weighted by molar-refractivity contribution is 5.87. The summed E-state index contributed by atoms with van der Waals surface area (Å²) in [6.45, 7) is 5.95. The van der Waals surface area contributed by atoms with E-state index < -0.39 is 0 Å². The van der Waals surface area contributed by atoms with Crippen LogP contribution in [0.5, 0.6) is 23.0 Å². The molecular formula is C30H40O3. The average Bonchev–Trinajstić information content (AvgIpc) is 2.84.